The number of rotatable bonds is 8. The van der Waals surface area contributed by atoms with Crippen LogP contribution in [0.3, 0.4) is 0 Å². The summed E-state index contributed by atoms with van der Waals surface area (Å²) in [6.45, 7) is 3.47. The third-order valence-electron chi connectivity index (χ3n) is 5.95. The molecule has 2 aromatic heterocycles. The van der Waals surface area contributed by atoms with Crippen molar-refractivity contribution in [3.05, 3.63) is 86.1 Å². The summed E-state index contributed by atoms with van der Waals surface area (Å²) in [7, 11) is 1.45. The van der Waals surface area contributed by atoms with Crippen LogP contribution in [0.2, 0.25) is 5.02 Å². The molecular weight excluding hydrogens is 602 g/mol. The molecule has 9 nitrogen and oxygen atoms in total. The molecule has 3 aromatic carbocycles. The first kappa shape index (κ1) is 27.4. The summed E-state index contributed by atoms with van der Waals surface area (Å²) in [6, 6.07) is 17.5. The van der Waals surface area contributed by atoms with E-state index in [4.69, 9.17) is 35.2 Å². The van der Waals surface area contributed by atoms with Crippen molar-refractivity contribution in [3.63, 3.8) is 0 Å². The molecule has 0 aliphatic rings. The second kappa shape index (κ2) is 11.5. The van der Waals surface area contributed by atoms with Gasteiger partial charge in [0, 0.05) is 26.5 Å². The zero-order valence-electron chi connectivity index (χ0n) is 21.7. The van der Waals surface area contributed by atoms with E-state index in [9.17, 15) is 9.59 Å². The van der Waals surface area contributed by atoms with Crippen LogP contribution in [0.4, 0.5) is 0 Å². The first-order valence-corrected chi connectivity index (χ1v) is 13.4. The molecule has 0 bridgehead atoms. The second-order valence-corrected chi connectivity index (χ2v) is 10.00. The molecule has 0 spiro atoms. The topological polar surface area (TPSA) is 105 Å². The Kier molecular flexibility index (Phi) is 7.90. The lowest BCUT2D eigenvalue weighted by molar-refractivity contribution is -0.150. The summed E-state index contributed by atoms with van der Waals surface area (Å²) in [6.07, 6.45) is 0.444. The number of hydrogen-bond acceptors (Lipinski definition) is 8. The Morgan fingerprint density at radius 1 is 1.20 bits per heavy atom. The molecule has 0 saturated heterocycles. The first-order valence-electron chi connectivity index (χ1n) is 12.3. The molecule has 0 N–H and O–H groups in total. The highest BCUT2D eigenvalue weighted by Gasteiger charge is 2.22. The maximum absolute atomic E-state index is 13.6. The van der Waals surface area contributed by atoms with Crippen molar-refractivity contribution in [2.45, 2.75) is 20.0 Å². The number of aromatic nitrogens is 2. The van der Waals surface area contributed by atoms with E-state index in [-0.39, 0.29) is 23.9 Å². The van der Waals surface area contributed by atoms with Gasteiger partial charge < -0.3 is 18.6 Å². The Morgan fingerprint density at radius 3 is 2.77 bits per heavy atom. The highest BCUT2D eigenvalue weighted by Crippen LogP contribution is 2.35. The van der Waals surface area contributed by atoms with Crippen LogP contribution in [-0.2, 0) is 9.53 Å². The molecule has 40 heavy (non-hydrogen) atoms. The number of carbonyl (C=O) groups excluding carboxylic acids is 1. The van der Waals surface area contributed by atoms with E-state index in [1.807, 2.05) is 18.2 Å². The van der Waals surface area contributed by atoms with E-state index in [0.29, 0.717) is 32.8 Å². The number of furan rings is 1. The van der Waals surface area contributed by atoms with Gasteiger partial charge in [0.1, 0.15) is 5.58 Å². The zero-order valence-corrected chi connectivity index (χ0v) is 24.0. The van der Waals surface area contributed by atoms with E-state index in [0.717, 1.165) is 14.5 Å². The Balaban J connectivity index is 1.67. The minimum absolute atomic E-state index is 0.198. The van der Waals surface area contributed by atoms with Crippen LogP contribution in [0.1, 0.15) is 19.4 Å². The first-order chi connectivity index (χ1) is 19.3. The fraction of sp³-hybridized carbons (Fsp3) is 0.172. The molecule has 0 unspecified atom stereocenters. The highest BCUT2D eigenvalue weighted by molar-refractivity contribution is 9.10. The monoisotopic (exact) mass is 623 g/mol. The summed E-state index contributed by atoms with van der Waals surface area (Å²) in [5, 5.41) is 6.03. The molecule has 0 amide bonds. The lowest BCUT2D eigenvalue weighted by atomic mass is 10.2. The molecule has 0 fully saturated rings. The van der Waals surface area contributed by atoms with Crippen LogP contribution in [-0.4, -0.2) is 41.7 Å². The number of fused-ring (bicyclic) bond motifs is 2. The maximum atomic E-state index is 13.6. The minimum atomic E-state index is -0.947. The Morgan fingerprint density at radius 2 is 2.00 bits per heavy atom. The highest BCUT2D eigenvalue weighted by atomic mass is 79.9. The van der Waals surface area contributed by atoms with Crippen molar-refractivity contribution >= 4 is 61.6 Å². The molecule has 0 radical (unpaired) electrons. The van der Waals surface area contributed by atoms with Gasteiger partial charge in [0.05, 0.1) is 30.8 Å². The zero-order chi connectivity index (χ0) is 28.4. The van der Waals surface area contributed by atoms with Crippen molar-refractivity contribution in [2.24, 2.45) is 5.10 Å². The number of benzene rings is 3. The summed E-state index contributed by atoms with van der Waals surface area (Å²) in [4.78, 5) is 30.6. The molecular formula is C29H23BrClN3O6. The number of para-hydroxylation sites is 1. The molecule has 0 aliphatic carbocycles. The number of esters is 1. The fourth-order valence-corrected chi connectivity index (χ4v) is 4.68. The second-order valence-electron chi connectivity index (χ2n) is 8.65. The summed E-state index contributed by atoms with van der Waals surface area (Å²) < 4.78 is 24.5. The van der Waals surface area contributed by atoms with E-state index < -0.39 is 17.6 Å². The van der Waals surface area contributed by atoms with Crippen LogP contribution in [0.25, 0.3) is 33.5 Å². The number of ether oxygens (including phenoxy) is 3. The predicted octanol–water partition coefficient (Wildman–Crippen LogP) is 6.45. The van der Waals surface area contributed by atoms with E-state index in [2.05, 4.69) is 21.0 Å². The predicted molar refractivity (Wildman–Crippen MR) is 157 cm³/mol. The SMILES string of the molecule is CCOC(=O)[C@H](C)Oc1c(C=Nn2c(-c3cc4cc(Br)ccc4o3)nc3ccccc3c2=O)cc(Cl)cc1OC. The third kappa shape index (κ3) is 5.45. The van der Waals surface area contributed by atoms with Gasteiger partial charge in [-0.25, -0.2) is 9.78 Å². The van der Waals surface area contributed by atoms with Gasteiger partial charge in [-0.15, -0.1) is 0 Å². The average Bonchev–Trinajstić information content (AvgIpc) is 3.36. The number of halogens is 2. The summed E-state index contributed by atoms with van der Waals surface area (Å²) in [5.41, 5.74) is 1.07. The molecule has 204 valence electrons. The summed E-state index contributed by atoms with van der Waals surface area (Å²) >= 11 is 9.81. The molecule has 5 rings (SSSR count). The van der Waals surface area contributed by atoms with Gasteiger partial charge in [0.25, 0.3) is 5.56 Å². The van der Waals surface area contributed by atoms with Crippen LogP contribution in [0.5, 0.6) is 11.5 Å². The van der Waals surface area contributed by atoms with E-state index in [1.54, 1.807) is 56.3 Å². The van der Waals surface area contributed by atoms with Crippen LogP contribution in [0.15, 0.2) is 79.4 Å². The Labute approximate surface area is 242 Å². The molecule has 2 heterocycles. The standard InChI is InChI=1S/C29H23BrClN3O6/c1-4-38-29(36)16(2)39-26-18(12-20(31)14-24(26)37-3)15-32-34-27(33-22-8-6-5-7-21(22)28(34)35)25-13-17-11-19(30)9-10-23(17)40-25/h5-16H,4H2,1-3H3/t16-/m0/s1. The van der Waals surface area contributed by atoms with Gasteiger partial charge in [0.2, 0.25) is 5.82 Å². The largest absolute Gasteiger partial charge is 0.493 e. The van der Waals surface area contributed by atoms with Crippen molar-refractivity contribution in [2.75, 3.05) is 13.7 Å². The Hall–Kier alpha value is -4.15. The van der Waals surface area contributed by atoms with Gasteiger partial charge in [-0.3, -0.25) is 4.79 Å². The fourth-order valence-electron chi connectivity index (χ4n) is 4.08. The van der Waals surface area contributed by atoms with Gasteiger partial charge in [0.15, 0.2) is 23.4 Å². The molecule has 0 saturated carbocycles. The van der Waals surface area contributed by atoms with Crippen molar-refractivity contribution in [3.8, 4) is 23.1 Å². The van der Waals surface area contributed by atoms with Gasteiger partial charge in [-0.2, -0.15) is 9.78 Å². The van der Waals surface area contributed by atoms with Gasteiger partial charge >= 0.3 is 5.97 Å². The average molecular weight is 625 g/mol. The quantitative estimate of drug-likeness (QED) is 0.144. The minimum Gasteiger partial charge on any atom is -0.493 e. The van der Waals surface area contributed by atoms with E-state index >= 15 is 0 Å². The van der Waals surface area contributed by atoms with Crippen molar-refractivity contribution in [1.82, 2.24) is 9.66 Å². The van der Waals surface area contributed by atoms with Crippen molar-refractivity contribution < 1.29 is 23.4 Å². The van der Waals surface area contributed by atoms with Crippen LogP contribution >= 0.6 is 27.5 Å². The Bertz CT molecular complexity index is 1830. The lowest BCUT2D eigenvalue weighted by Crippen LogP contribution is -2.26. The third-order valence-corrected chi connectivity index (χ3v) is 6.66. The molecule has 1 atom stereocenters. The van der Waals surface area contributed by atoms with Crippen LogP contribution in [0, 0.1) is 0 Å². The number of nitrogens with zero attached hydrogens (tertiary/aromatic N) is 3. The van der Waals surface area contributed by atoms with E-state index in [1.165, 1.54) is 13.3 Å². The van der Waals surface area contributed by atoms with Gasteiger partial charge in [-0.1, -0.05) is 39.7 Å². The number of carbonyl (C=O) groups is 1. The number of methoxy groups -OCH3 is 1. The molecule has 11 heteroatoms. The van der Waals surface area contributed by atoms with Gasteiger partial charge in [-0.05, 0) is 56.3 Å². The molecule has 5 aromatic rings. The summed E-state index contributed by atoms with van der Waals surface area (Å²) in [5.74, 6) is 0.481. The normalized spacial score (nSPS) is 12.2. The van der Waals surface area contributed by atoms with Crippen molar-refractivity contribution in [1.29, 1.82) is 0 Å². The molecule has 0 aliphatic heterocycles. The van der Waals surface area contributed by atoms with Crippen LogP contribution < -0.4 is 15.0 Å². The maximum Gasteiger partial charge on any atom is 0.347 e. The number of hydrogen-bond donors (Lipinski definition) is 0. The lowest BCUT2D eigenvalue weighted by Gasteiger charge is -2.18. The smallest absolute Gasteiger partial charge is 0.347 e.